The third-order valence-electron chi connectivity index (χ3n) is 3.59. The Kier molecular flexibility index (Phi) is 4.73. The Morgan fingerprint density at radius 3 is 1.75 bits per heavy atom. The number of para-hydroxylation sites is 2. The third kappa shape index (κ3) is 3.23. The van der Waals surface area contributed by atoms with Crippen LogP contribution in [0.4, 0.5) is 11.4 Å². The van der Waals surface area contributed by atoms with E-state index in [1.807, 2.05) is 43.3 Å². The lowest BCUT2D eigenvalue weighted by Gasteiger charge is -2.25. The summed E-state index contributed by atoms with van der Waals surface area (Å²) < 4.78 is 28.6. The minimum absolute atomic E-state index is 0.237. The van der Waals surface area contributed by atoms with Gasteiger partial charge in [0.15, 0.2) is 0 Å². The van der Waals surface area contributed by atoms with Crippen LogP contribution in [0, 0.1) is 6.92 Å². The average Bonchev–Trinajstić information content (AvgIpc) is 2.56. The first-order valence-corrected chi connectivity index (χ1v) is 9.65. The summed E-state index contributed by atoms with van der Waals surface area (Å²) in [5.41, 5.74) is 2.18. The summed E-state index contributed by atoms with van der Waals surface area (Å²) >= 11 is 3.39. The average molecular weight is 402 g/mol. The molecule has 0 saturated heterocycles. The molecule has 0 aromatic heterocycles. The molecule has 0 aliphatic carbocycles. The fourth-order valence-corrected chi connectivity index (χ4v) is 5.11. The van der Waals surface area contributed by atoms with Gasteiger partial charge < -0.3 is 0 Å². The van der Waals surface area contributed by atoms with Crippen molar-refractivity contribution in [1.82, 2.24) is 0 Å². The normalized spacial score (nSPS) is 11.2. The second-order valence-electron chi connectivity index (χ2n) is 5.37. The van der Waals surface area contributed by atoms with Crippen molar-refractivity contribution in [2.45, 2.75) is 11.8 Å². The van der Waals surface area contributed by atoms with E-state index >= 15 is 0 Å². The number of nitrogens with zero attached hydrogens (tertiary/aromatic N) is 1. The molecule has 3 aromatic rings. The second kappa shape index (κ2) is 6.79. The first-order chi connectivity index (χ1) is 11.5. The Balaban J connectivity index is 2.22. The molecule has 24 heavy (non-hydrogen) atoms. The van der Waals surface area contributed by atoms with E-state index in [-0.39, 0.29) is 4.90 Å². The summed E-state index contributed by atoms with van der Waals surface area (Å²) in [6, 6.07) is 23.4. The zero-order valence-electron chi connectivity index (χ0n) is 13.1. The molecule has 0 fully saturated rings. The highest BCUT2D eigenvalue weighted by Crippen LogP contribution is 2.35. The van der Waals surface area contributed by atoms with Gasteiger partial charge in [0.1, 0.15) is 4.90 Å². The predicted octanol–water partition coefficient (Wildman–Crippen LogP) is 5.28. The van der Waals surface area contributed by atoms with E-state index in [1.54, 1.807) is 42.5 Å². The van der Waals surface area contributed by atoms with E-state index in [0.717, 1.165) is 5.56 Å². The van der Waals surface area contributed by atoms with Crippen LogP contribution in [0.1, 0.15) is 5.56 Å². The van der Waals surface area contributed by atoms with Gasteiger partial charge in [-0.15, -0.1) is 0 Å². The highest BCUT2D eigenvalue weighted by molar-refractivity contribution is 9.10. The zero-order valence-corrected chi connectivity index (χ0v) is 15.5. The van der Waals surface area contributed by atoms with Gasteiger partial charge in [-0.1, -0.05) is 42.5 Å². The molecule has 0 saturated carbocycles. The highest BCUT2D eigenvalue weighted by Gasteiger charge is 2.28. The van der Waals surface area contributed by atoms with E-state index in [0.29, 0.717) is 15.8 Å². The molecule has 0 heterocycles. The summed E-state index contributed by atoms with van der Waals surface area (Å²) in [4.78, 5) is 0.237. The quantitative estimate of drug-likeness (QED) is 0.595. The lowest BCUT2D eigenvalue weighted by Crippen LogP contribution is -2.26. The number of hydrogen-bond acceptors (Lipinski definition) is 2. The molecule has 0 N–H and O–H groups in total. The smallest absolute Gasteiger partial charge is 0.234 e. The first-order valence-electron chi connectivity index (χ1n) is 7.42. The summed E-state index contributed by atoms with van der Waals surface area (Å²) in [6.45, 7) is 1.92. The molecule has 0 aliphatic rings. The molecule has 0 spiro atoms. The van der Waals surface area contributed by atoms with Crippen molar-refractivity contribution in [3.8, 4) is 0 Å². The van der Waals surface area contributed by atoms with Crippen LogP contribution in [0.25, 0.3) is 0 Å². The van der Waals surface area contributed by atoms with Gasteiger partial charge in [0, 0.05) is 4.47 Å². The third-order valence-corrected chi connectivity index (χ3v) is 6.32. The van der Waals surface area contributed by atoms with Crippen LogP contribution in [-0.4, -0.2) is 8.42 Å². The van der Waals surface area contributed by atoms with Gasteiger partial charge in [0.2, 0.25) is 0 Å². The minimum Gasteiger partial charge on any atom is -0.234 e. The van der Waals surface area contributed by atoms with Crippen LogP contribution in [0.2, 0.25) is 0 Å². The van der Waals surface area contributed by atoms with Crippen LogP contribution in [-0.2, 0) is 10.0 Å². The van der Waals surface area contributed by atoms with Gasteiger partial charge >= 0.3 is 0 Å². The number of aryl methyl sites for hydroxylation is 1. The van der Waals surface area contributed by atoms with E-state index < -0.39 is 10.0 Å². The van der Waals surface area contributed by atoms with Crippen molar-refractivity contribution in [3.05, 3.63) is 88.9 Å². The highest BCUT2D eigenvalue weighted by atomic mass is 79.9. The number of benzene rings is 3. The van der Waals surface area contributed by atoms with Gasteiger partial charge in [0.25, 0.3) is 10.0 Å². The lowest BCUT2D eigenvalue weighted by atomic mass is 10.2. The maximum absolute atomic E-state index is 13.4. The van der Waals surface area contributed by atoms with Gasteiger partial charge in [-0.05, 0) is 64.8 Å². The Bertz CT molecular complexity index is 902. The van der Waals surface area contributed by atoms with Gasteiger partial charge in [-0.3, -0.25) is 0 Å². The second-order valence-corrected chi connectivity index (χ2v) is 7.98. The maximum atomic E-state index is 13.4. The van der Waals surface area contributed by atoms with Crippen molar-refractivity contribution >= 4 is 37.3 Å². The van der Waals surface area contributed by atoms with Crippen molar-refractivity contribution in [2.24, 2.45) is 0 Å². The molecule has 3 aromatic carbocycles. The summed E-state index contributed by atoms with van der Waals surface area (Å²) in [5.74, 6) is 0. The van der Waals surface area contributed by atoms with E-state index in [1.165, 1.54) is 4.31 Å². The van der Waals surface area contributed by atoms with Crippen molar-refractivity contribution < 1.29 is 8.42 Å². The SMILES string of the molecule is Cc1ccc(S(=O)(=O)N(c2ccccc2)c2ccccc2)c(Br)c1. The molecule has 0 amide bonds. The number of anilines is 2. The molecular weight excluding hydrogens is 386 g/mol. The van der Waals surface area contributed by atoms with Gasteiger partial charge in [-0.2, -0.15) is 0 Å². The molecule has 0 unspecified atom stereocenters. The van der Waals surface area contributed by atoms with E-state index in [2.05, 4.69) is 15.9 Å². The Hall–Kier alpha value is -2.11. The summed E-state index contributed by atoms with van der Waals surface area (Å²) in [6.07, 6.45) is 0. The topological polar surface area (TPSA) is 37.4 Å². The van der Waals surface area contributed by atoms with Crippen molar-refractivity contribution in [3.63, 3.8) is 0 Å². The standard InChI is InChI=1S/C19H16BrNO2S/c1-15-12-13-19(18(20)14-15)24(22,23)21(16-8-4-2-5-9-16)17-10-6-3-7-11-17/h2-14H,1H3. The Morgan fingerprint density at radius 1 is 0.792 bits per heavy atom. The molecule has 0 bridgehead atoms. The lowest BCUT2D eigenvalue weighted by molar-refractivity contribution is 0.595. The number of halogens is 1. The van der Waals surface area contributed by atoms with E-state index in [4.69, 9.17) is 0 Å². The molecular formula is C19H16BrNO2S. The molecule has 0 atom stereocenters. The molecule has 0 radical (unpaired) electrons. The van der Waals surface area contributed by atoms with E-state index in [9.17, 15) is 8.42 Å². The Labute approximate surface area is 150 Å². The van der Waals surface area contributed by atoms with Crippen molar-refractivity contribution in [1.29, 1.82) is 0 Å². The first kappa shape index (κ1) is 16.7. The van der Waals surface area contributed by atoms with Crippen molar-refractivity contribution in [2.75, 3.05) is 4.31 Å². The number of hydrogen-bond donors (Lipinski definition) is 0. The van der Waals surface area contributed by atoms with Crippen LogP contribution >= 0.6 is 15.9 Å². The van der Waals surface area contributed by atoms with Gasteiger partial charge in [-0.25, -0.2) is 12.7 Å². The largest absolute Gasteiger partial charge is 0.269 e. The summed E-state index contributed by atoms with van der Waals surface area (Å²) in [7, 11) is -3.77. The summed E-state index contributed by atoms with van der Waals surface area (Å²) in [5, 5.41) is 0. The molecule has 0 aliphatic heterocycles. The van der Waals surface area contributed by atoms with Crippen LogP contribution < -0.4 is 4.31 Å². The minimum atomic E-state index is -3.77. The number of rotatable bonds is 4. The maximum Gasteiger partial charge on any atom is 0.269 e. The van der Waals surface area contributed by atoms with Gasteiger partial charge in [0.05, 0.1) is 11.4 Å². The van der Waals surface area contributed by atoms with Crippen LogP contribution in [0.3, 0.4) is 0 Å². The fraction of sp³-hybridized carbons (Fsp3) is 0.0526. The van der Waals surface area contributed by atoms with Crippen LogP contribution in [0.15, 0.2) is 88.2 Å². The zero-order chi connectivity index (χ0) is 17.2. The molecule has 3 rings (SSSR count). The molecule has 3 nitrogen and oxygen atoms in total. The monoisotopic (exact) mass is 401 g/mol. The molecule has 122 valence electrons. The van der Waals surface area contributed by atoms with Crippen LogP contribution in [0.5, 0.6) is 0 Å². The molecule has 5 heteroatoms. The fourth-order valence-electron chi connectivity index (χ4n) is 2.47. The predicted molar refractivity (Wildman–Crippen MR) is 101 cm³/mol. The number of sulfonamides is 1. The Morgan fingerprint density at radius 2 is 1.29 bits per heavy atom.